The lowest BCUT2D eigenvalue weighted by Crippen LogP contribution is -2.50. The number of hydrogen-bond donors (Lipinski definition) is 0. The number of methoxy groups -OCH3 is 1. The fraction of sp³-hybridized carbons (Fsp3) is 0.348. The predicted octanol–water partition coefficient (Wildman–Crippen LogP) is 4.76. The van der Waals surface area contributed by atoms with Crippen LogP contribution in [0.5, 0.6) is 5.75 Å². The normalized spacial score (nSPS) is 14.0. The molecule has 0 radical (unpaired) electrons. The molecular weight excluding hydrogens is 466 g/mol. The van der Waals surface area contributed by atoms with Gasteiger partial charge in [0.25, 0.3) is 5.91 Å². The number of piperazine rings is 1. The molecule has 6 nitrogen and oxygen atoms in total. The fourth-order valence-electron chi connectivity index (χ4n) is 3.63. The Morgan fingerprint density at radius 3 is 2.34 bits per heavy atom. The zero-order valence-electron chi connectivity index (χ0n) is 18.0. The summed E-state index contributed by atoms with van der Waals surface area (Å²) < 4.78 is 5.87. The van der Waals surface area contributed by atoms with Crippen molar-refractivity contribution < 1.29 is 14.3 Å². The third-order valence-corrected chi connectivity index (χ3v) is 8.03. The van der Waals surface area contributed by atoms with Gasteiger partial charge in [-0.25, -0.2) is 4.98 Å². The average Bonchev–Trinajstić information content (AvgIpc) is 3.43. The topological polar surface area (TPSA) is 62.7 Å². The number of carbonyl (C=O) groups is 2. The van der Waals surface area contributed by atoms with Crippen molar-refractivity contribution in [1.82, 2.24) is 14.8 Å². The van der Waals surface area contributed by atoms with Gasteiger partial charge in [0, 0.05) is 32.6 Å². The molecule has 9 heteroatoms. The number of benzene rings is 1. The van der Waals surface area contributed by atoms with E-state index in [-0.39, 0.29) is 11.8 Å². The number of amides is 2. The molecule has 3 aromatic rings. The SMILES string of the molecule is COc1ccc(CCC(=O)N2CCN(C(=O)c3sc(-c4ccc(Cl)s4)nc3C)CC2)cc1. The number of ether oxygens (including phenoxy) is 1. The van der Waals surface area contributed by atoms with Gasteiger partial charge in [-0.3, -0.25) is 9.59 Å². The van der Waals surface area contributed by atoms with Crippen LogP contribution in [0.2, 0.25) is 4.34 Å². The molecule has 0 atom stereocenters. The molecule has 1 aliphatic heterocycles. The summed E-state index contributed by atoms with van der Waals surface area (Å²) in [6.07, 6.45) is 1.15. The van der Waals surface area contributed by atoms with Gasteiger partial charge in [-0.1, -0.05) is 23.7 Å². The lowest BCUT2D eigenvalue weighted by atomic mass is 10.1. The van der Waals surface area contributed by atoms with Crippen molar-refractivity contribution in [2.45, 2.75) is 19.8 Å². The molecule has 3 heterocycles. The van der Waals surface area contributed by atoms with Gasteiger partial charge in [-0.05, 0) is 43.2 Å². The van der Waals surface area contributed by atoms with E-state index in [2.05, 4.69) is 4.98 Å². The van der Waals surface area contributed by atoms with Crippen LogP contribution in [0.25, 0.3) is 9.88 Å². The van der Waals surface area contributed by atoms with Crippen LogP contribution in [-0.4, -0.2) is 59.9 Å². The Hall–Kier alpha value is -2.42. The molecule has 0 saturated carbocycles. The summed E-state index contributed by atoms with van der Waals surface area (Å²) in [6.45, 7) is 4.04. The first-order valence-electron chi connectivity index (χ1n) is 10.4. The Bertz CT molecular complexity index is 1100. The van der Waals surface area contributed by atoms with Crippen molar-refractivity contribution in [2.75, 3.05) is 33.3 Å². The zero-order valence-corrected chi connectivity index (χ0v) is 20.4. The molecule has 0 unspecified atom stereocenters. The largest absolute Gasteiger partial charge is 0.497 e. The summed E-state index contributed by atoms with van der Waals surface area (Å²) in [6, 6.07) is 11.5. The van der Waals surface area contributed by atoms with E-state index >= 15 is 0 Å². The summed E-state index contributed by atoms with van der Waals surface area (Å²) in [4.78, 5) is 35.6. The summed E-state index contributed by atoms with van der Waals surface area (Å²) in [5.74, 6) is 0.918. The second-order valence-electron chi connectivity index (χ2n) is 7.56. The Balaban J connectivity index is 1.30. The highest BCUT2D eigenvalue weighted by molar-refractivity contribution is 7.24. The van der Waals surface area contributed by atoms with Gasteiger partial charge < -0.3 is 14.5 Å². The number of thiazole rings is 1. The number of carbonyl (C=O) groups excluding carboxylic acids is 2. The number of thiophene rings is 1. The molecule has 0 N–H and O–H groups in total. The molecular formula is C23H24ClN3O3S2. The zero-order chi connectivity index (χ0) is 22.7. The minimum Gasteiger partial charge on any atom is -0.497 e. The second kappa shape index (κ2) is 10.0. The summed E-state index contributed by atoms with van der Waals surface area (Å²) in [5.41, 5.74) is 1.84. The smallest absolute Gasteiger partial charge is 0.265 e. The molecule has 2 amide bonds. The van der Waals surface area contributed by atoms with Crippen molar-refractivity contribution >= 4 is 46.1 Å². The Morgan fingerprint density at radius 2 is 1.72 bits per heavy atom. The van der Waals surface area contributed by atoms with E-state index in [0.717, 1.165) is 26.9 Å². The highest BCUT2D eigenvalue weighted by Crippen LogP contribution is 2.35. The molecule has 1 fully saturated rings. The third-order valence-electron chi connectivity index (χ3n) is 5.48. The molecule has 0 aliphatic carbocycles. The fourth-order valence-corrected chi connectivity index (χ4v) is 5.77. The van der Waals surface area contributed by atoms with E-state index in [1.165, 1.54) is 22.7 Å². The lowest BCUT2D eigenvalue weighted by Gasteiger charge is -2.34. The summed E-state index contributed by atoms with van der Waals surface area (Å²) >= 11 is 8.89. The van der Waals surface area contributed by atoms with E-state index in [9.17, 15) is 9.59 Å². The van der Waals surface area contributed by atoms with Crippen LogP contribution in [0.15, 0.2) is 36.4 Å². The van der Waals surface area contributed by atoms with Gasteiger partial charge in [0.15, 0.2) is 0 Å². The van der Waals surface area contributed by atoms with E-state index in [1.54, 1.807) is 7.11 Å². The number of nitrogens with zero attached hydrogens (tertiary/aromatic N) is 3. The van der Waals surface area contributed by atoms with Crippen LogP contribution in [0.4, 0.5) is 0 Å². The molecule has 32 heavy (non-hydrogen) atoms. The van der Waals surface area contributed by atoms with Gasteiger partial charge in [0.1, 0.15) is 15.6 Å². The van der Waals surface area contributed by atoms with Gasteiger partial charge >= 0.3 is 0 Å². The van der Waals surface area contributed by atoms with E-state index in [0.29, 0.717) is 48.2 Å². The molecule has 1 aliphatic rings. The average molecular weight is 490 g/mol. The predicted molar refractivity (Wildman–Crippen MR) is 129 cm³/mol. The molecule has 1 saturated heterocycles. The summed E-state index contributed by atoms with van der Waals surface area (Å²) in [7, 11) is 1.64. The number of aromatic nitrogens is 1. The summed E-state index contributed by atoms with van der Waals surface area (Å²) in [5, 5.41) is 0.815. The Kier molecular flexibility index (Phi) is 7.13. The molecule has 168 valence electrons. The lowest BCUT2D eigenvalue weighted by molar-refractivity contribution is -0.132. The number of halogens is 1. The van der Waals surface area contributed by atoms with E-state index in [4.69, 9.17) is 16.3 Å². The van der Waals surface area contributed by atoms with Crippen molar-refractivity contribution in [3.8, 4) is 15.6 Å². The maximum atomic E-state index is 13.1. The third kappa shape index (κ3) is 5.14. The van der Waals surface area contributed by atoms with Crippen LogP contribution in [0, 0.1) is 6.92 Å². The van der Waals surface area contributed by atoms with Crippen LogP contribution in [0.3, 0.4) is 0 Å². The van der Waals surface area contributed by atoms with Crippen molar-refractivity contribution in [3.63, 3.8) is 0 Å². The van der Waals surface area contributed by atoms with Crippen LogP contribution in [0.1, 0.15) is 27.3 Å². The van der Waals surface area contributed by atoms with E-state index < -0.39 is 0 Å². The maximum absolute atomic E-state index is 13.1. The number of rotatable bonds is 6. The first kappa shape index (κ1) is 22.8. The Morgan fingerprint density at radius 1 is 1.03 bits per heavy atom. The monoisotopic (exact) mass is 489 g/mol. The van der Waals surface area contributed by atoms with Crippen LogP contribution in [-0.2, 0) is 11.2 Å². The van der Waals surface area contributed by atoms with Gasteiger partial charge in [-0.2, -0.15) is 0 Å². The van der Waals surface area contributed by atoms with Crippen molar-refractivity contribution in [1.29, 1.82) is 0 Å². The van der Waals surface area contributed by atoms with E-state index in [1.807, 2.05) is 53.1 Å². The molecule has 0 bridgehead atoms. The first-order valence-corrected chi connectivity index (χ1v) is 12.4. The molecule has 2 aromatic heterocycles. The van der Waals surface area contributed by atoms with Crippen molar-refractivity contribution in [3.05, 3.63) is 56.9 Å². The second-order valence-corrected chi connectivity index (χ2v) is 10.3. The quantitative estimate of drug-likeness (QED) is 0.501. The number of aryl methyl sites for hydroxylation is 2. The molecule has 0 spiro atoms. The van der Waals surface area contributed by atoms with Gasteiger partial charge in [-0.15, -0.1) is 22.7 Å². The van der Waals surface area contributed by atoms with Crippen molar-refractivity contribution in [2.24, 2.45) is 0 Å². The maximum Gasteiger partial charge on any atom is 0.265 e. The first-order chi connectivity index (χ1) is 15.4. The van der Waals surface area contributed by atoms with Crippen LogP contribution >= 0.6 is 34.3 Å². The minimum absolute atomic E-state index is 0.0146. The number of hydrogen-bond acceptors (Lipinski definition) is 6. The van der Waals surface area contributed by atoms with Gasteiger partial charge in [0.05, 0.1) is 22.0 Å². The highest BCUT2D eigenvalue weighted by Gasteiger charge is 2.27. The minimum atomic E-state index is -0.0146. The highest BCUT2D eigenvalue weighted by atomic mass is 35.5. The Labute approximate surface area is 200 Å². The van der Waals surface area contributed by atoms with Crippen LogP contribution < -0.4 is 4.74 Å². The standard InChI is InChI=1S/C23H24ClN3O3S2/c1-15-21(32-22(25-15)18-8-9-19(24)31-18)23(29)27-13-11-26(12-14-27)20(28)10-5-16-3-6-17(30-2)7-4-16/h3-4,6-9H,5,10-14H2,1-2H3. The molecule has 4 rings (SSSR count). The van der Waals surface area contributed by atoms with Gasteiger partial charge in [0.2, 0.25) is 5.91 Å². The molecule has 1 aromatic carbocycles.